The average Bonchev–Trinajstić information content (AvgIpc) is 3.22. The maximum Gasteiger partial charge on any atom is 0.295 e. The number of benzene rings is 3. The van der Waals surface area contributed by atoms with Gasteiger partial charge in [-0.3, -0.25) is 4.79 Å². The van der Waals surface area contributed by atoms with Crippen LogP contribution in [0.3, 0.4) is 0 Å². The fraction of sp³-hybridized carbons (Fsp3) is 0.125. The van der Waals surface area contributed by atoms with E-state index in [1.807, 2.05) is 86.6 Å². The topological polar surface area (TPSA) is 69.0 Å². The van der Waals surface area contributed by atoms with E-state index in [-0.39, 0.29) is 5.82 Å². The number of nitrogens with one attached hydrogen (secondary N) is 1. The Morgan fingerprint density at radius 3 is 2.40 bits per heavy atom. The monoisotopic (exact) mass is 398 g/mol. The molecule has 0 aliphatic carbocycles. The lowest BCUT2D eigenvalue weighted by atomic mass is 10.2. The first-order valence-electron chi connectivity index (χ1n) is 9.78. The highest BCUT2D eigenvalue weighted by atomic mass is 16.5. The number of aryl methyl sites for hydroxylation is 1. The zero-order valence-electron chi connectivity index (χ0n) is 16.9. The molecule has 0 fully saturated rings. The summed E-state index contributed by atoms with van der Waals surface area (Å²) in [6, 6.07) is 24.9. The van der Waals surface area contributed by atoms with Crippen molar-refractivity contribution < 1.29 is 9.53 Å². The van der Waals surface area contributed by atoms with Gasteiger partial charge in [0.1, 0.15) is 5.75 Å². The molecule has 1 N–H and O–H groups in total. The standard InChI is InChI=1S/C24H22N4O2/c1-3-30-21-12-8-7-11-20(21)25-24(29)22-26-23(18-9-5-4-6-10-18)28(27-22)19-15-13-17(2)14-16-19/h4-16H,3H2,1-2H3,(H,25,29). The summed E-state index contributed by atoms with van der Waals surface area (Å²) in [4.78, 5) is 17.5. The van der Waals surface area contributed by atoms with E-state index in [0.29, 0.717) is 23.9 Å². The number of amides is 1. The molecule has 150 valence electrons. The highest BCUT2D eigenvalue weighted by Crippen LogP contribution is 2.25. The summed E-state index contributed by atoms with van der Waals surface area (Å²) in [6.07, 6.45) is 0. The predicted octanol–water partition coefficient (Wildman–Crippen LogP) is 4.89. The van der Waals surface area contributed by atoms with Crippen LogP contribution in [0.1, 0.15) is 23.1 Å². The van der Waals surface area contributed by atoms with Crippen molar-refractivity contribution in [2.24, 2.45) is 0 Å². The van der Waals surface area contributed by atoms with Crippen LogP contribution >= 0.6 is 0 Å². The molecule has 0 aliphatic heterocycles. The second-order valence-electron chi connectivity index (χ2n) is 6.76. The van der Waals surface area contributed by atoms with Crippen molar-refractivity contribution >= 4 is 11.6 Å². The van der Waals surface area contributed by atoms with Gasteiger partial charge in [0, 0.05) is 5.56 Å². The molecule has 4 aromatic rings. The van der Waals surface area contributed by atoms with Crippen LogP contribution in [-0.4, -0.2) is 27.3 Å². The molecule has 1 amide bonds. The van der Waals surface area contributed by atoms with Crippen LogP contribution in [0.2, 0.25) is 0 Å². The third-order valence-electron chi connectivity index (χ3n) is 4.56. The molecule has 0 aliphatic rings. The van der Waals surface area contributed by atoms with Crippen molar-refractivity contribution in [1.82, 2.24) is 14.8 Å². The smallest absolute Gasteiger partial charge is 0.295 e. The highest BCUT2D eigenvalue weighted by molar-refractivity contribution is 6.02. The molecule has 0 unspecified atom stereocenters. The van der Waals surface area contributed by atoms with E-state index in [0.717, 1.165) is 16.8 Å². The third kappa shape index (κ3) is 4.07. The Kier molecular flexibility index (Phi) is 5.57. The largest absolute Gasteiger partial charge is 0.492 e. The molecular formula is C24H22N4O2. The fourth-order valence-electron chi connectivity index (χ4n) is 3.08. The average molecular weight is 398 g/mol. The molecule has 0 spiro atoms. The number of nitrogens with zero attached hydrogens (tertiary/aromatic N) is 3. The summed E-state index contributed by atoms with van der Waals surface area (Å²) < 4.78 is 7.28. The maximum atomic E-state index is 12.9. The molecule has 30 heavy (non-hydrogen) atoms. The Balaban J connectivity index is 1.72. The van der Waals surface area contributed by atoms with Gasteiger partial charge in [-0.1, -0.05) is 60.2 Å². The van der Waals surface area contributed by atoms with Crippen molar-refractivity contribution in [3.8, 4) is 22.8 Å². The Morgan fingerprint density at radius 1 is 0.967 bits per heavy atom. The summed E-state index contributed by atoms with van der Waals surface area (Å²) in [7, 11) is 0. The first-order chi connectivity index (χ1) is 14.7. The van der Waals surface area contributed by atoms with Gasteiger partial charge >= 0.3 is 0 Å². The number of rotatable bonds is 6. The SMILES string of the molecule is CCOc1ccccc1NC(=O)c1nc(-c2ccccc2)n(-c2ccc(C)cc2)n1. The Labute approximate surface area is 175 Å². The molecule has 0 saturated heterocycles. The predicted molar refractivity (Wildman–Crippen MR) is 117 cm³/mol. The number of carbonyl (C=O) groups excluding carboxylic acids is 1. The summed E-state index contributed by atoms with van der Waals surface area (Å²) >= 11 is 0. The molecular weight excluding hydrogens is 376 g/mol. The van der Waals surface area contributed by atoms with Gasteiger partial charge in [-0.05, 0) is 38.1 Å². The van der Waals surface area contributed by atoms with E-state index in [9.17, 15) is 4.79 Å². The van der Waals surface area contributed by atoms with Crippen LogP contribution in [0.4, 0.5) is 5.69 Å². The summed E-state index contributed by atoms with van der Waals surface area (Å²) in [6.45, 7) is 4.43. The van der Waals surface area contributed by atoms with Crippen LogP contribution in [0.15, 0.2) is 78.9 Å². The first kappa shape index (κ1) is 19.4. The maximum absolute atomic E-state index is 12.9. The Morgan fingerprint density at radius 2 is 1.67 bits per heavy atom. The normalized spacial score (nSPS) is 10.6. The zero-order valence-corrected chi connectivity index (χ0v) is 16.9. The van der Waals surface area contributed by atoms with Crippen LogP contribution < -0.4 is 10.1 Å². The number of para-hydroxylation sites is 2. The van der Waals surface area contributed by atoms with E-state index in [1.54, 1.807) is 10.7 Å². The number of hydrogen-bond acceptors (Lipinski definition) is 4. The van der Waals surface area contributed by atoms with Crippen LogP contribution in [0.5, 0.6) is 5.75 Å². The van der Waals surface area contributed by atoms with E-state index in [4.69, 9.17) is 4.74 Å². The van der Waals surface area contributed by atoms with Crippen molar-refractivity contribution in [3.63, 3.8) is 0 Å². The minimum absolute atomic E-state index is 0.0840. The second kappa shape index (κ2) is 8.61. The van der Waals surface area contributed by atoms with Gasteiger partial charge in [-0.25, -0.2) is 9.67 Å². The van der Waals surface area contributed by atoms with Gasteiger partial charge < -0.3 is 10.1 Å². The number of hydrogen-bond donors (Lipinski definition) is 1. The summed E-state index contributed by atoms with van der Waals surface area (Å²) in [5, 5.41) is 7.37. The van der Waals surface area contributed by atoms with Gasteiger partial charge in [0.25, 0.3) is 5.91 Å². The van der Waals surface area contributed by atoms with Crippen molar-refractivity contribution in [1.29, 1.82) is 0 Å². The van der Waals surface area contributed by atoms with E-state index in [1.165, 1.54) is 0 Å². The van der Waals surface area contributed by atoms with Crippen molar-refractivity contribution in [2.45, 2.75) is 13.8 Å². The minimum Gasteiger partial charge on any atom is -0.492 e. The van der Waals surface area contributed by atoms with Gasteiger partial charge in [-0.2, -0.15) is 0 Å². The summed E-state index contributed by atoms with van der Waals surface area (Å²) in [5.41, 5.74) is 3.43. The summed E-state index contributed by atoms with van der Waals surface area (Å²) in [5.74, 6) is 0.892. The zero-order chi connectivity index (χ0) is 20.9. The number of carbonyl (C=O) groups is 1. The lowest BCUT2D eigenvalue weighted by Gasteiger charge is -2.09. The number of anilines is 1. The molecule has 0 atom stereocenters. The van der Waals surface area contributed by atoms with Crippen LogP contribution in [0, 0.1) is 6.92 Å². The molecule has 1 heterocycles. The fourth-order valence-corrected chi connectivity index (χ4v) is 3.08. The van der Waals surface area contributed by atoms with Gasteiger partial charge in [0.2, 0.25) is 5.82 Å². The van der Waals surface area contributed by atoms with Gasteiger partial charge in [0.05, 0.1) is 18.0 Å². The van der Waals surface area contributed by atoms with Gasteiger partial charge in [0.15, 0.2) is 5.82 Å². The third-order valence-corrected chi connectivity index (χ3v) is 4.56. The highest BCUT2D eigenvalue weighted by Gasteiger charge is 2.19. The molecule has 0 bridgehead atoms. The number of aromatic nitrogens is 3. The van der Waals surface area contributed by atoms with E-state index in [2.05, 4.69) is 15.4 Å². The van der Waals surface area contributed by atoms with Crippen molar-refractivity contribution in [3.05, 3.63) is 90.3 Å². The first-order valence-corrected chi connectivity index (χ1v) is 9.78. The molecule has 0 radical (unpaired) electrons. The molecule has 6 heteroatoms. The quantitative estimate of drug-likeness (QED) is 0.502. The van der Waals surface area contributed by atoms with Gasteiger partial charge in [-0.15, -0.1) is 5.10 Å². The Bertz CT molecular complexity index is 1150. The number of ether oxygens (including phenoxy) is 1. The Hall–Kier alpha value is -3.93. The molecule has 3 aromatic carbocycles. The van der Waals surface area contributed by atoms with E-state index < -0.39 is 5.91 Å². The lowest BCUT2D eigenvalue weighted by Crippen LogP contribution is -2.15. The molecule has 6 nitrogen and oxygen atoms in total. The van der Waals surface area contributed by atoms with Crippen LogP contribution in [-0.2, 0) is 0 Å². The minimum atomic E-state index is -0.398. The molecule has 0 saturated carbocycles. The second-order valence-corrected chi connectivity index (χ2v) is 6.76. The lowest BCUT2D eigenvalue weighted by molar-refractivity contribution is 0.101. The molecule has 1 aromatic heterocycles. The van der Waals surface area contributed by atoms with E-state index >= 15 is 0 Å². The van der Waals surface area contributed by atoms with Crippen molar-refractivity contribution in [2.75, 3.05) is 11.9 Å². The molecule has 4 rings (SSSR count). The van der Waals surface area contributed by atoms with Crippen LogP contribution in [0.25, 0.3) is 17.1 Å².